The SMILES string of the molecule is C1CCC(C2CCCCC2)CC1.Cc1ccccc1S(N)(=O)=O. The Hall–Kier alpha value is -0.870. The standard InChI is InChI=1S/C12H22.C7H9NO2S/c1-3-7-11(8-4-1)12-9-5-2-6-10-12;1-6-4-2-3-5-7(6)11(8,9)10/h11-12H,1-10H2;2-5H,1H3,(H2,8,9,10). The molecule has 0 atom stereocenters. The summed E-state index contributed by atoms with van der Waals surface area (Å²) in [6, 6.07) is 6.61. The molecule has 0 aliphatic heterocycles. The van der Waals surface area contributed by atoms with Crippen molar-refractivity contribution in [3.8, 4) is 0 Å². The van der Waals surface area contributed by atoms with Gasteiger partial charge in [0.15, 0.2) is 0 Å². The Balaban J connectivity index is 0.000000168. The average Bonchev–Trinajstić information content (AvgIpc) is 2.56. The fraction of sp³-hybridized carbons (Fsp3) is 0.684. The molecule has 130 valence electrons. The third-order valence-electron chi connectivity index (χ3n) is 5.37. The van der Waals surface area contributed by atoms with Crippen LogP contribution in [-0.2, 0) is 10.0 Å². The van der Waals surface area contributed by atoms with Crippen molar-refractivity contribution in [2.45, 2.75) is 76.0 Å². The topological polar surface area (TPSA) is 60.2 Å². The molecule has 2 aliphatic rings. The Kier molecular flexibility index (Phi) is 7.09. The van der Waals surface area contributed by atoms with Crippen LogP contribution in [0, 0.1) is 18.8 Å². The van der Waals surface area contributed by atoms with Crippen LogP contribution in [0.5, 0.6) is 0 Å². The van der Waals surface area contributed by atoms with Gasteiger partial charge in [-0.25, -0.2) is 13.6 Å². The molecule has 0 radical (unpaired) electrons. The molecule has 1 aromatic carbocycles. The van der Waals surface area contributed by atoms with Gasteiger partial charge in [0.25, 0.3) is 0 Å². The lowest BCUT2D eigenvalue weighted by Gasteiger charge is -2.32. The Morgan fingerprint density at radius 3 is 1.61 bits per heavy atom. The lowest BCUT2D eigenvalue weighted by molar-refractivity contribution is 0.196. The maximum Gasteiger partial charge on any atom is 0.238 e. The highest BCUT2D eigenvalue weighted by Crippen LogP contribution is 2.37. The molecule has 0 bridgehead atoms. The summed E-state index contributed by atoms with van der Waals surface area (Å²) >= 11 is 0. The minimum atomic E-state index is -3.53. The third-order valence-corrected chi connectivity index (χ3v) is 6.44. The molecule has 0 amide bonds. The number of nitrogens with two attached hydrogens (primary N) is 1. The van der Waals surface area contributed by atoms with Crippen LogP contribution in [-0.4, -0.2) is 8.42 Å². The lowest BCUT2D eigenvalue weighted by atomic mass is 9.73. The summed E-state index contributed by atoms with van der Waals surface area (Å²) in [4.78, 5) is 0.194. The monoisotopic (exact) mass is 337 g/mol. The van der Waals surface area contributed by atoms with Crippen LogP contribution in [0.4, 0.5) is 0 Å². The van der Waals surface area contributed by atoms with E-state index < -0.39 is 10.0 Å². The van der Waals surface area contributed by atoms with Crippen molar-refractivity contribution in [3.63, 3.8) is 0 Å². The minimum absolute atomic E-state index is 0.194. The van der Waals surface area contributed by atoms with Gasteiger partial charge in [0.2, 0.25) is 10.0 Å². The van der Waals surface area contributed by atoms with Crippen molar-refractivity contribution in [1.29, 1.82) is 0 Å². The van der Waals surface area contributed by atoms with Gasteiger partial charge in [-0.2, -0.15) is 0 Å². The van der Waals surface area contributed by atoms with Crippen molar-refractivity contribution in [2.24, 2.45) is 17.0 Å². The Morgan fingerprint density at radius 2 is 1.26 bits per heavy atom. The average molecular weight is 338 g/mol. The maximum atomic E-state index is 10.8. The van der Waals surface area contributed by atoms with Gasteiger partial charge in [-0.15, -0.1) is 0 Å². The van der Waals surface area contributed by atoms with Crippen LogP contribution in [0.3, 0.4) is 0 Å². The zero-order valence-corrected chi connectivity index (χ0v) is 15.2. The second-order valence-corrected chi connectivity index (χ2v) is 8.64. The summed E-state index contributed by atoms with van der Waals surface area (Å²) in [5, 5.41) is 4.93. The van der Waals surface area contributed by atoms with E-state index in [1.807, 2.05) is 0 Å². The molecule has 0 saturated heterocycles. The molecule has 0 aromatic heterocycles. The molecule has 0 spiro atoms. The van der Waals surface area contributed by atoms with Gasteiger partial charge in [-0.05, 0) is 30.4 Å². The highest BCUT2D eigenvalue weighted by molar-refractivity contribution is 7.89. The Bertz CT molecular complexity index is 555. The number of hydrogen-bond donors (Lipinski definition) is 1. The first-order chi connectivity index (χ1) is 11.0. The summed E-state index contributed by atoms with van der Waals surface area (Å²) in [7, 11) is -3.53. The first kappa shape index (κ1) is 18.5. The highest BCUT2D eigenvalue weighted by Gasteiger charge is 2.24. The van der Waals surface area contributed by atoms with E-state index in [9.17, 15) is 8.42 Å². The minimum Gasteiger partial charge on any atom is -0.225 e. The van der Waals surface area contributed by atoms with E-state index in [1.54, 1.807) is 50.8 Å². The third kappa shape index (κ3) is 5.92. The number of hydrogen-bond acceptors (Lipinski definition) is 2. The van der Waals surface area contributed by atoms with Crippen molar-refractivity contribution < 1.29 is 8.42 Å². The number of benzene rings is 1. The van der Waals surface area contributed by atoms with Crippen LogP contribution >= 0.6 is 0 Å². The smallest absolute Gasteiger partial charge is 0.225 e. The van der Waals surface area contributed by atoms with Gasteiger partial charge < -0.3 is 0 Å². The van der Waals surface area contributed by atoms with Crippen LogP contribution in [0.25, 0.3) is 0 Å². The fourth-order valence-corrected chi connectivity index (χ4v) is 4.87. The molecule has 2 aliphatic carbocycles. The summed E-state index contributed by atoms with van der Waals surface area (Å²) < 4.78 is 21.7. The quantitative estimate of drug-likeness (QED) is 0.843. The van der Waals surface area contributed by atoms with Crippen molar-refractivity contribution in [3.05, 3.63) is 29.8 Å². The zero-order valence-electron chi connectivity index (χ0n) is 14.3. The van der Waals surface area contributed by atoms with E-state index in [-0.39, 0.29) is 4.90 Å². The van der Waals surface area contributed by atoms with E-state index in [1.165, 1.54) is 44.6 Å². The van der Waals surface area contributed by atoms with Crippen LogP contribution < -0.4 is 5.14 Å². The predicted octanol–water partition coefficient (Wildman–Crippen LogP) is 4.79. The largest absolute Gasteiger partial charge is 0.238 e. The van der Waals surface area contributed by atoms with Crippen molar-refractivity contribution >= 4 is 10.0 Å². The van der Waals surface area contributed by atoms with Crippen LogP contribution in [0.15, 0.2) is 29.2 Å². The summed E-state index contributed by atoms with van der Waals surface area (Å²) in [6.45, 7) is 1.71. The van der Waals surface area contributed by atoms with Gasteiger partial charge in [-0.3, -0.25) is 0 Å². The summed E-state index contributed by atoms with van der Waals surface area (Å²) in [5.74, 6) is 2.28. The highest BCUT2D eigenvalue weighted by atomic mass is 32.2. The predicted molar refractivity (Wildman–Crippen MR) is 95.7 cm³/mol. The molecule has 0 heterocycles. The van der Waals surface area contributed by atoms with Gasteiger partial charge in [0.1, 0.15) is 0 Å². The second-order valence-electron chi connectivity index (χ2n) is 7.11. The zero-order chi connectivity index (χ0) is 16.7. The molecule has 2 fully saturated rings. The van der Waals surface area contributed by atoms with E-state index in [0.29, 0.717) is 5.56 Å². The number of aryl methyl sites for hydroxylation is 1. The normalized spacial score (nSPS) is 20.6. The molecule has 3 nitrogen and oxygen atoms in total. The molecule has 2 saturated carbocycles. The maximum absolute atomic E-state index is 10.8. The van der Waals surface area contributed by atoms with E-state index >= 15 is 0 Å². The molecule has 2 N–H and O–H groups in total. The van der Waals surface area contributed by atoms with Crippen molar-refractivity contribution in [1.82, 2.24) is 0 Å². The summed E-state index contributed by atoms with van der Waals surface area (Å²) in [5.41, 5.74) is 0.676. The molecule has 23 heavy (non-hydrogen) atoms. The number of primary sulfonamides is 1. The van der Waals surface area contributed by atoms with Gasteiger partial charge in [-0.1, -0.05) is 82.4 Å². The van der Waals surface area contributed by atoms with E-state index in [4.69, 9.17) is 5.14 Å². The molecular formula is C19H31NO2S. The molecule has 1 aromatic rings. The first-order valence-electron chi connectivity index (χ1n) is 9.07. The Morgan fingerprint density at radius 1 is 0.826 bits per heavy atom. The fourth-order valence-electron chi connectivity index (χ4n) is 4.09. The van der Waals surface area contributed by atoms with Crippen LogP contribution in [0.2, 0.25) is 0 Å². The van der Waals surface area contributed by atoms with E-state index in [2.05, 4.69) is 0 Å². The number of rotatable bonds is 2. The Labute approximate surface area is 141 Å². The van der Waals surface area contributed by atoms with Crippen molar-refractivity contribution in [2.75, 3.05) is 0 Å². The molecule has 4 heteroatoms. The van der Waals surface area contributed by atoms with E-state index in [0.717, 1.165) is 11.8 Å². The molecular weight excluding hydrogens is 306 g/mol. The van der Waals surface area contributed by atoms with Gasteiger partial charge in [0.05, 0.1) is 4.90 Å². The number of sulfonamides is 1. The van der Waals surface area contributed by atoms with Gasteiger partial charge in [0, 0.05) is 0 Å². The van der Waals surface area contributed by atoms with Gasteiger partial charge >= 0.3 is 0 Å². The molecule has 0 unspecified atom stereocenters. The lowest BCUT2D eigenvalue weighted by Crippen LogP contribution is -2.20. The second kappa shape index (κ2) is 8.84. The molecule has 3 rings (SSSR count). The summed E-state index contributed by atoms with van der Waals surface area (Å²) in [6.07, 6.45) is 15.4. The first-order valence-corrected chi connectivity index (χ1v) is 10.6. The van der Waals surface area contributed by atoms with Crippen LogP contribution in [0.1, 0.15) is 69.8 Å².